The molecular weight excluding hydrogens is 316 g/mol. The van der Waals surface area contributed by atoms with Crippen LogP contribution in [0, 0.1) is 22.0 Å². The zero-order valence-corrected chi connectivity index (χ0v) is 12.5. The normalized spacial score (nSPS) is 36.5. The SMILES string of the molecule is O=C1[C@@H]2[C@H](C(=O)N1Cc1ccccc1)[C@]1(CO)C=C[C@@]2([N+](=O)[O-])O1. The highest BCUT2D eigenvalue weighted by Crippen LogP contribution is 2.57. The molecule has 0 aromatic heterocycles. The second-order valence-electron chi connectivity index (χ2n) is 6.26. The molecule has 8 heteroatoms. The van der Waals surface area contributed by atoms with Gasteiger partial charge in [-0.25, -0.2) is 0 Å². The van der Waals surface area contributed by atoms with Crippen LogP contribution in [0.4, 0.5) is 0 Å². The van der Waals surface area contributed by atoms with Crippen molar-refractivity contribution in [1.82, 2.24) is 4.90 Å². The Labute approximate surface area is 136 Å². The fourth-order valence-corrected chi connectivity index (χ4v) is 3.92. The average molecular weight is 330 g/mol. The predicted octanol–water partition coefficient (Wildman–Crippen LogP) is 0.0919. The van der Waals surface area contributed by atoms with Gasteiger partial charge in [0.05, 0.1) is 24.0 Å². The fourth-order valence-electron chi connectivity index (χ4n) is 3.92. The molecule has 1 aromatic rings. The van der Waals surface area contributed by atoms with Crippen molar-refractivity contribution >= 4 is 11.8 Å². The standard InChI is InChI=1S/C16H14N2O6/c19-9-15-6-7-16(24-15,18(22)23)12-11(15)13(20)17(14(12)21)8-10-4-2-1-3-5-10/h1-7,11-12,19H,8-9H2/t11-,12+,15-,16-/m1/s1. The Balaban J connectivity index is 1.75. The number of hydrogen-bond donors (Lipinski definition) is 1. The number of benzene rings is 1. The molecule has 8 nitrogen and oxygen atoms in total. The quantitative estimate of drug-likeness (QED) is 0.363. The second kappa shape index (κ2) is 4.71. The van der Waals surface area contributed by atoms with Gasteiger partial charge in [-0.2, -0.15) is 0 Å². The van der Waals surface area contributed by atoms with Gasteiger partial charge in [0.15, 0.2) is 5.92 Å². The lowest BCUT2D eigenvalue weighted by Crippen LogP contribution is -2.46. The number of nitrogens with zero attached hydrogens (tertiary/aromatic N) is 2. The van der Waals surface area contributed by atoms with Crippen molar-refractivity contribution in [2.45, 2.75) is 17.9 Å². The molecule has 2 saturated heterocycles. The van der Waals surface area contributed by atoms with Gasteiger partial charge in [0.2, 0.25) is 11.8 Å². The number of aliphatic hydroxyl groups is 1. The monoisotopic (exact) mass is 330 g/mol. The minimum absolute atomic E-state index is 0.0425. The minimum Gasteiger partial charge on any atom is -0.393 e. The van der Waals surface area contributed by atoms with Gasteiger partial charge < -0.3 is 5.11 Å². The summed E-state index contributed by atoms with van der Waals surface area (Å²) in [6.45, 7) is -0.556. The first-order chi connectivity index (χ1) is 11.4. The van der Waals surface area contributed by atoms with Crippen LogP contribution < -0.4 is 0 Å². The summed E-state index contributed by atoms with van der Waals surface area (Å²) in [5.74, 6) is -3.50. The van der Waals surface area contributed by atoms with Crippen molar-refractivity contribution in [1.29, 1.82) is 0 Å². The molecule has 1 N–H and O–H groups in total. The number of carbonyl (C=O) groups excluding carboxylic acids is 2. The molecule has 3 heterocycles. The van der Waals surface area contributed by atoms with E-state index in [1.54, 1.807) is 24.3 Å². The lowest BCUT2D eigenvalue weighted by Gasteiger charge is -2.25. The van der Waals surface area contributed by atoms with Gasteiger partial charge in [-0.05, 0) is 11.6 Å². The zero-order valence-electron chi connectivity index (χ0n) is 12.5. The molecule has 24 heavy (non-hydrogen) atoms. The molecule has 1 aromatic carbocycles. The van der Waals surface area contributed by atoms with Gasteiger partial charge in [0.1, 0.15) is 5.60 Å². The summed E-state index contributed by atoms with van der Waals surface area (Å²) in [4.78, 5) is 37.4. The molecule has 0 unspecified atom stereocenters. The van der Waals surface area contributed by atoms with Crippen LogP contribution in [0.25, 0.3) is 0 Å². The summed E-state index contributed by atoms with van der Waals surface area (Å²) in [6.07, 6.45) is 2.52. The first-order valence-corrected chi connectivity index (χ1v) is 7.50. The number of nitro groups is 1. The minimum atomic E-state index is -2.08. The van der Waals surface area contributed by atoms with Gasteiger partial charge in [0, 0.05) is 6.08 Å². The summed E-state index contributed by atoms with van der Waals surface area (Å²) in [7, 11) is 0. The molecule has 2 fully saturated rings. The highest BCUT2D eigenvalue weighted by atomic mass is 16.7. The molecule has 4 atom stereocenters. The number of rotatable bonds is 4. The Morgan fingerprint density at radius 3 is 2.46 bits per heavy atom. The number of imide groups is 1. The Hall–Kier alpha value is -2.58. The maximum absolute atomic E-state index is 12.8. The zero-order chi connectivity index (χ0) is 17.1. The van der Waals surface area contributed by atoms with E-state index in [9.17, 15) is 24.8 Å². The molecule has 0 aliphatic carbocycles. The van der Waals surface area contributed by atoms with Crippen molar-refractivity contribution in [3.8, 4) is 0 Å². The van der Waals surface area contributed by atoms with E-state index in [-0.39, 0.29) is 6.54 Å². The number of fused-ring (bicyclic) bond motifs is 5. The summed E-state index contributed by atoms with van der Waals surface area (Å²) in [5, 5.41) is 21.3. The average Bonchev–Trinajstić information content (AvgIpc) is 3.20. The lowest BCUT2D eigenvalue weighted by atomic mass is 9.75. The van der Waals surface area contributed by atoms with Gasteiger partial charge in [0.25, 0.3) is 0 Å². The third-order valence-corrected chi connectivity index (χ3v) is 5.04. The molecule has 3 aliphatic heterocycles. The maximum atomic E-state index is 12.8. The van der Waals surface area contributed by atoms with Gasteiger partial charge in [-0.1, -0.05) is 30.3 Å². The van der Waals surface area contributed by atoms with Gasteiger partial charge in [-0.3, -0.25) is 29.3 Å². The van der Waals surface area contributed by atoms with E-state index in [4.69, 9.17) is 4.74 Å². The largest absolute Gasteiger partial charge is 0.393 e. The van der Waals surface area contributed by atoms with E-state index in [0.29, 0.717) is 0 Å². The number of carbonyl (C=O) groups is 2. The second-order valence-corrected chi connectivity index (χ2v) is 6.26. The third-order valence-electron chi connectivity index (χ3n) is 5.04. The van der Waals surface area contributed by atoms with E-state index < -0.39 is 46.5 Å². The Bertz CT molecular complexity index is 778. The molecule has 3 aliphatic rings. The molecule has 124 valence electrons. The van der Waals surface area contributed by atoms with Gasteiger partial charge in [-0.15, -0.1) is 0 Å². The van der Waals surface area contributed by atoms with Crippen molar-refractivity contribution in [3.63, 3.8) is 0 Å². The van der Waals surface area contributed by atoms with Gasteiger partial charge >= 0.3 is 5.72 Å². The molecule has 0 radical (unpaired) electrons. The molecule has 2 bridgehead atoms. The highest BCUT2D eigenvalue weighted by molar-refractivity contribution is 6.07. The Kier molecular flexibility index (Phi) is 2.94. The van der Waals surface area contributed by atoms with Crippen molar-refractivity contribution in [2.24, 2.45) is 11.8 Å². The fraction of sp³-hybridized carbons (Fsp3) is 0.375. The topological polar surface area (TPSA) is 110 Å². The Morgan fingerprint density at radius 2 is 1.83 bits per heavy atom. The molecule has 0 spiro atoms. The lowest BCUT2D eigenvalue weighted by molar-refractivity contribution is -0.613. The number of likely N-dealkylation sites (tertiary alicyclic amines) is 1. The molecule has 2 amide bonds. The van der Waals surface area contributed by atoms with Crippen molar-refractivity contribution < 1.29 is 24.4 Å². The third kappa shape index (κ3) is 1.64. The van der Waals surface area contributed by atoms with E-state index in [1.165, 1.54) is 12.2 Å². The van der Waals surface area contributed by atoms with Crippen LogP contribution in [0.15, 0.2) is 42.5 Å². The molecular formula is C16H14N2O6. The summed E-state index contributed by atoms with van der Waals surface area (Å²) in [6, 6.07) is 8.91. The van der Waals surface area contributed by atoms with Crippen LogP contribution in [0.5, 0.6) is 0 Å². The summed E-state index contributed by atoms with van der Waals surface area (Å²) in [5.41, 5.74) is -2.84. The van der Waals surface area contributed by atoms with E-state index in [0.717, 1.165) is 10.5 Å². The van der Waals surface area contributed by atoms with E-state index >= 15 is 0 Å². The van der Waals surface area contributed by atoms with Crippen LogP contribution >= 0.6 is 0 Å². The van der Waals surface area contributed by atoms with E-state index in [2.05, 4.69) is 0 Å². The molecule has 4 rings (SSSR count). The highest BCUT2D eigenvalue weighted by Gasteiger charge is 2.79. The van der Waals surface area contributed by atoms with Crippen molar-refractivity contribution in [2.75, 3.05) is 6.61 Å². The van der Waals surface area contributed by atoms with Crippen LogP contribution in [-0.2, 0) is 20.9 Å². The smallest absolute Gasteiger partial charge is 0.358 e. The first kappa shape index (κ1) is 15.0. The van der Waals surface area contributed by atoms with Crippen LogP contribution in [0.2, 0.25) is 0 Å². The number of amides is 2. The molecule has 0 saturated carbocycles. The van der Waals surface area contributed by atoms with Crippen LogP contribution in [0.3, 0.4) is 0 Å². The number of aliphatic hydroxyl groups excluding tert-OH is 1. The van der Waals surface area contributed by atoms with Crippen LogP contribution in [-0.4, -0.2) is 44.7 Å². The van der Waals surface area contributed by atoms with Crippen molar-refractivity contribution in [3.05, 3.63) is 58.2 Å². The summed E-state index contributed by atoms with van der Waals surface area (Å²) >= 11 is 0. The first-order valence-electron chi connectivity index (χ1n) is 7.50. The predicted molar refractivity (Wildman–Crippen MR) is 78.7 cm³/mol. The Morgan fingerprint density at radius 1 is 1.17 bits per heavy atom. The number of ether oxygens (including phenoxy) is 1. The van der Waals surface area contributed by atoms with E-state index in [1.807, 2.05) is 6.07 Å². The maximum Gasteiger partial charge on any atom is 0.358 e. The van der Waals surface area contributed by atoms with Crippen LogP contribution in [0.1, 0.15) is 5.56 Å². The summed E-state index contributed by atoms with van der Waals surface area (Å²) < 4.78 is 5.44. The number of hydrogen-bond acceptors (Lipinski definition) is 6.